The van der Waals surface area contributed by atoms with Crippen LogP contribution in [0.4, 0.5) is 4.39 Å². The van der Waals surface area contributed by atoms with E-state index in [-0.39, 0.29) is 24.4 Å². The van der Waals surface area contributed by atoms with Gasteiger partial charge in [0.2, 0.25) is 0 Å². The van der Waals surface area contributed by atoms with Gasteiger partial charge < -0.3 is 4.74 Å². The van der Waals surface area contributed by atoms with Gasteiger partial charge in [-0.1, -0.05) is 67.3 Å². The zero-order valence-corrected chi connectivity index (χ0v) is 22.6. The monoisotopic (exact) mass is 543 g/mol. The van der Waals surface area contributed by atoms with Crippen LogP contribution in [-0.4, -0.2) is 30.9 Å². The lowest BCUT2D eigenvalue weighted by atomic mass is 10.1. The van der Waals surface area contributed by atoms with Gasteiger partial charge in [-0.3, -0.25) is 9.69 Å². The van der Waals surface area contributed by atoms with Crippen LogP contribution in [-0.2, 0) is 11.4 Å². The minimum Gasteiger partial charge on any atom is -0.489 e. The zero-order chi connectivity index (χ0) is 26.6. The Morgan fingerprint density at radius 1 is 1.05 bits per heavy atom. The summed E-state index contributed by atoms with van der Waals surface area (Å²) in [4.78, 5) is 15.4. The number of halogens is 1. The molecular formula is C30H26FN3O2S2. The van der Waals surface area contributed by atoms with E-state index < -0.39 is 0 Å². The number of ether oxygens (including phenoxy) is 1. The predicted octanol–water partition coefficient (Wildman–Crippen LogP) is 7.26. The highest BCUT2D eigenvalue weighted by atomic mass is 32.2. The molecule has 4 aromatic rings. The molecule has 0 bridgehead atoms. The van der Waals surface area contributed by atoms with Gasteiger partial charge >= 0.3 is 0 Å². The maximum absolute atomic E-state index is 13.9. The summed E-state index contributed by atoms with van der Waals surface area (Å²) in [6.07, 6.45) is 4.61. The lowest BCUT2D eigenvalue weighted by Crippen LogP contribution is -2.36. The second-order valence-corrected chi connectivity index (χ2v) is 10.6. The van der Waals surface area contributed by atoms with Crippen molar-refractivity contribution in [2.45, 2.75) is 32.9 Å². The fourth-order valence-corrected chi connectivity index (χ4v) is 5.55. The molecule has 1 aliphatic rings. The number of thioether (sulfide) groups is 1. The first-order chi connectivity index (χ1) is 18.4. The predicted molar refractivity (Wildman–Crippen MR) is 154 cm³/mol. The van der Waals surface area contributed by atoms with E-state index in [4.69, 9.17) is 22.1 Å². The number of carbonyl (C=O) groups is 1. The van der Waals surface area contributed by atoms with Gasteiger partial charge in [-0.15, -0.1) is 0 Å². The van der Waals surface area contributed by atoms with Gasteiger partial charge in [-0.05, 0) is 61.9 Å². The van der Waals surface area contributed by atoms with E-state index in [9.17, 15) is 9.18 Å². The molecule has 0 spiro atoms. The minimum absolute atomic E-state index is 0.0387. The summed E-state index contributed by atoms with van der Waals surface area (Å²) in [5.41, 5.74) is 3.80. The summed E-state index contributed by atoms with van der Waals surface area (Å²) < 4.78 is 22.1. The van der Waals surface area contributed by atoms with E-state index in [1.54, 1.807) is 27.8 Å². The number of para-hydroxylation sites is 1. The van der Waals surface area contributed by atoms with E-state index in [0.717, 1.165) is 28.9 Å². The molecule has 38 heavy (non-hydrogen) atoms. The largest absolute Gasteiger partial charge is 0.489 e. The molecule has 3 aromatic carbocycles. The third-order valence-electron chi connectivity index (χ3n) is 6.38. The van der Waals surface area contributed by atoms with E-state index in [0.29, 0.717) is 20.5 Å². The Hall–Kier alpha value is -3.75. The molecule has 0 aliphatic carbocycles. The molecule has 1 saturated heterocycles. The van der Waals surface area contributed by atoms with Gasteiger partial charge in [-0.25, -0.2) is 9.07 Å². The highest BCUT2D eigenvalue weighted by molar-refractivity contribution is 8.26. The number of nitrogens with zero attached hydrogens (tertiary/aromatic N) is 3. The van der Waals surface area contributed by atoms with Crippen LogP contribution >= 0.6 is 24.0 Å². The molecule has 5 rings (SSSR count). The first kappa shape index (κ1) is 25.9. The fraction of sp³-hybridized carbons (Fsp3) is 0.167. The molecule has 1 amide bonds. The highest BCUT2D eigenvalue weighted by Gasteiger charge is 2.35. The van der Waals surface area contributed by atoms with Crippen LogP contribution in [0.25, 0.3) is 23.0 Å². The SMILES string of the molecule is CC[C@H](C)N1C(=O)/C(=C/c2cn(-c3ccccc3)nc2-c2ccc(OCc3ccccc3F)cc2)SC1=S. The first-order valence-electron chi connectivity index (χ1n) is 12.3. The van der Waals surface area contributed by atoms with Crippen molar-refractivity contribution in [2.24, 2.45) is 0 Å². The quantitative estimate of drug-likeness (QED) is 0.173. The van der Waals surface area contributed by atoms with E-state index in [1.807, 2.05) is 80.7 Å². The Morgan fingerprint density at radius 3 is 2.47 bits per heavy atom. The number of thiocarbonyl (C=S) groups is 1. The average molecular weight is 544 g/mol. The molecule has 8 heteroatoms. The van der Waals surface area contributed by atoms with Gasteiger partial charge in [0.1, 0.15) is 22.5 Å². The summed E-state index contributed by atoms with van der Waals surface area (Å²) in [6.45, 7) is 4.18. The van der Waals surface area contributed by atoms with Gasteiger partial charge in [0.05, 0.1) is 16.3 Å². The van der Waals surface area contributed by atoms with E-state index in [1.165, 1.54) is 17.8 Å². The van der Waals surface area contributed by atoms with E-state index >= 15 is 0 Å². The molecule has 1 fully saturated rings. The molecule has 192 valence electrons. The molecule has 0 radical (unpaired) electrons. The molecule has 0 saturated carbocycles. The van der Waals surface area contributed by atoms with E-state index in [2.05, 4.69) is 0 Å². The van der Waals surface area contributed by atoms with Crippen LogP contribution in [0, 0.1) is 5.82 Å². The highest BCUT2D eigenvalue weighted by Crippen LogP contribution is 2.36. The van der Waals surface area contributed by atoms with Crippen LogP contribution in [0.1, 0.15) is 31.4 Å². The maximum Gasteiger partial charge on any atom is 0.266 e. The summed E-state index contributed by atoms with van der Waals surface area (Å²) >= 11 is 6.83. The number of rotatable bonds is 8. The Morgan fingerprint density at radius 2 is 1.76 bits per heavy atom. The first-order valence-corrected chi connectivity index (χ1v) is 13.6. The van der Waals surface area contributed by atoms with Crippen molar-refractivity contribution in [3.05, 3.63) is 107 Å². The minimum atomic E-state index is -0.293. The number of hydrogen-bond acceptors (Lipinski definition) is 5. The molecule has 5 nitrogen and oxygen atoms in total. The Balaban J connectivity index is 1.46. The third kappa shape index (κ3) is 5.42. The maximum atomic E-state index is 13.9. The molecule has 2 heterocycles. The second kappa shape index (κ2) is 11.3. The number of hydrogen-bond donors (Lipinski definition) is 0. The third-order valence-corrected chi connectivity index (χ3v) is 7.72. The van der Waals surface area contributed by atoms with Gasteiger partial charge in [0, 0.05) is 28.9 Å². The topological polar surface area (TPSA) is 47.4 Å². The average Bonchev–Trinajstić information content (AvgIpc) is 3.48. The molecule has 1 aromatic heterocycles. The zero-order valence-electron chi connectivity index (χ0n) is 21.0. The van der Waals surface area contributed by atoms with Crippen molar-refractivity contribution in [1.82, 2.24) is 14.7 Å². The Bertz CT molecular complexity index is 1500. The summed E-state index contributed by atoms with van der Waals surface area (Å²) in [7, 11) is 0. The summed E-state index contributed by atoms with van der Waals surface area (Å²) in [6, 6.07) is 23.9. The number of amides is 1. The summed E-state index contributed by atoms with van der Waals surface area (Å²) in [5.74, 6) is 0.249. The van der Waals surface area contributed by atoms with Crippen molar-refractivity contribution in [3.63, 3.8) is 0 Å². The standard InChI is InChI=1S/C30H26FN3O2S2/c1-3-20(2)34-29(35)27(38-30(34)37)17-23-18-33(24-10-5-4-6-11-24)32-28(23)21-13-15-25(16-14-21)36-19-22-9-7-8-12-26(22)31/h4-18,20H,3,19H2,1-2H3/b27-17-/t20-/m0/s1. The van der Waals surface area contributed by atoms with Crippen LogP contribution in [0.5, 0.6) is 5.75 Å². The van der Waals surface area contributed by atoms with Crippen molar-refractivity contribution >= 4 is 40.3 Å². The lowest BCUT2D eigenvalue weighted by molar-refractivity contribution is -0.123. The van der Waals surface area contributed by atoms with Gasteiger partial charge in [0.25, 0.3) is 5.91 Å². The molecule has 1 atom stereocenters. The molecule has 0 unspecified atom stereocenters. The van der Waals surface area contributed by atoms with Crippen LogP contribution in [0.3, 0.4) is 0 Å². The van der Waals surface area contributed by atoms with Gasteiger partial charge in [0.15, 0.2) is 0 Å². The number of carbonyl (C=O) groups excluding carboxylic acids is 1. The molecule has 1 aliphatic heterocycles. The van der Waals surface area contributed by atoms with Crippen molar-refractivity contribution in [3.8, 4) is 22.7 Å². The molecular weight excluding hydrogens is 517 g/mol. The second-order valence-electron chi connectivity index (χ2n) is 8.93. The fourth-order valence-electron chi connectivity index (χ4n) is 4.10. The van der Waals surface area contributed by atoms with Crippen molar-refractivity contribution in [2.75, 3.05) is 0 Å². The number of aromatic nitrogens is 2. The lowest BCUT2D eigenvalue weighted by Gasteiger charge is -2.21. The van der Waals surface area contributed by atoms with Gasteiger partial charge in [-0.2, -0.15) is 5.10 Å². The normalized spacial score (nSPS) is 15.3. The van der Waals surface area contributed by atoms with Crippen molar-refractivity contribution < 1.29 is 13.9 Å². The summed E-state index contributed by atoms with van der Waals surface area (Å²) in [5, 5.41) is 4.86. The number of benzene rings is 3. The smallest absolute Gasteiger partial charge is 0.266 e. The Kier molecular flexibility index (Phi) is 7.72. The van der Waals surface area contributed by atoms with Crippen LogP contribution in [0.2, 0.25) is 0 Å². The molecule has 0 N–H and O–H groups in total. The Labute approximate surface area is 230 Å². The van der Waals surface area contributed by atoms with Crippen LogP contribution < -0.4 is 4.74 Å². The van der Waals surface area contributed by atoms with Crippen LogP contribution in [0.15, 0.2) is 90.0 Å². The van der Waals surface area contributed by atoms with Crippen molar-refractivity contribution in [1.29, 1.82) is 0 Å².